The third-order valence-corrected chi connectivity index (χ3v) is 1.93. The molecule has 1 aromatic carbocycles. The SMILES string of the molecule is Cc1c(N=C=O)cc(CO)cc1N=C=O. The monoisotopic (exact) mass is 204 g/mol. The number of aliphatic hydroxyl groups excluding tert-OH is 1. The van der Waals surface area contributed by atoms with Crippen molar-refractivity contribution in [3.63, 3.8) is 0 Å². The summed E-state index contributed by atoms with van der Waals surface area (Å²) in [7, 11) is 0. The molecule has 0 bridgehead atoms. The van der Waals surface area contributed by atoms with Gasteiger partial charge in [-0.15, -0.1) is 0 Å². The Bertz CT molecular complexity index is 431. The molecule has 0 aromatic heterocycles. The van der Waals surface area contributed by atoms with Crippen molar-refractivity contribution in [3.05, 3.63) is 23.3 Å². The Morgan fingerprint density at radius 2 is 1.67 bits per heavy atom. The number of hydrogen-bond acceptors (Lipinski definition) is 5. The molecule has 0 radical (unpaired) electrons. The molecule has 0 spiro atoms. The molecular formula is C10H8N2O3. The van der Waals surface area contributed by atoms with E-state index < -0.39 is 0 Å². The van der Waals surface area contributed by atoms with E-state index in [1.54, 1.807) is 6.92 Å². The average Bonchev–Trinajstić information content (AvgIpc) is 2.24. The Balaban J connectivity index is 3.45. The number of rotatable bonds is 3. The minimum Gasteiger partial charge on any atom is -0.392 e. The molecule has 1 N–H and O–H groups in total. The minimum atomic E-state index is -0.219. The standard InChI is InChI=1S/C10H8N2O3/c1-7-9(11-5-14)2-8(4-13)3-10(7)12-6-15/h2-3,13H,4H2,1H3. The molecule has 1 rings (SSSR count). The van der Waals surface area contributed by atoms with Gasteiger partial charge >= 0.3 is 0 Å². The van der Waals surface area contributed by atoms with Gasteiger partial charge in [0.2, 0.25) is 12.2 Å². The van der Waals surface area contributed by atoms with Crippen LogP contribution in [-0.4, -0.2) is 17.3 Å². The fourth-order valence-electron chi connectivity index (χ4n) is 1.16. The molecule has 5 heteroatoms. The predicted molar refractivity (Wildman–Crippen MR) is 52.7 cm³/mol. The first-order chi connectivity index (χ1) is 7.22. The van der Waals surface area contributed by atoms with Gasteiger partial charge in [0.15, 0.2) is 0 Å². The number of benzene rings is 1. The van der Waals surface area contributed by atoms with Crippen LogP contribution in [0.4, 0.5) is 11.4 Å². The van der Waals surface area contributed by atoms with E-state index >= 15 is 0 Å². The van der Waals surface area contributed by atoms with Gasteiger partial charge in [-0.25, -0.2) is 9.59 Å². The van der Waals surface area contributed by atoms with Crippen LogP contribution in [0.25, 0.3) is 0 Å². The van der Waals surface area contributed by atoms with E-state index in [0.29, 0.717) is 22.5 Å². The zero-order valence-corrected chi connectivity index (χ0v) is 8.02. The summed E-state index contributed by atoms with van der Waals surface area (Å²) in [6.45, 7) is 1.44. The second-order valence-electron chi connectivity index (χ2n) is 2.82. The van der Waals surface area contributed by atoms with Gasteiger partial charge in [-0.3, -0.25) is 0 Å². The molecule has 15 heavy (non-hydrogen) atoms. The molecule has 0 aliphatic carbocycles. The second-order valence-corrected chi connectivity index (χ2v) is 2.82. The zero-order chi connectivity index (χ0) is 11.3. The van der Waals surface area contributed by atoms with Gasteiger partial charge in [0.05, 0.1) is 18.0 Å². The molecule has 1 aromatic rings. The first-order valence-electron chi connectivity index (χ1n) is 4.13. The van der Waals surface area contributed by atoms with Gasteiger partial charge in [0, 0.05) is 5.56 Å². The average molecular weight is 204 g/mol. The lowest BCUT2D eigenvalue weighted by Gasteiger charge is -2.04. The summed E-state index contributed by atoms with van der Waals surface area (Å²) < 4.78 is 0. The van der Waals surface area contributed by atoms with E-state index in [4.69, 9.17) is 5.11 Å². The Morgan fingerprint density at radius 3 is 2.00 bits per heavy atom. The van der Waals surface area contributed by atoms with Crippen LogP contribution in [0, 0.1) is 6.92 Å². The Morgan fingerprint density at radius 1 is 1.20 bits per heavy atom. The van der Waals surface area contributed by atoms with Crippen molar-refractivity contribution in [2.24, 2.45) is 9.98 Å². The molecule has 0 saturated heterocycles. The van der Waals surface area contributed by atoms with Gasteiger partial charge in [0.1, 0.15) is 0 Å². The maximum atomic E-state index is 10.1. The molecule has 0 saturated carbocycles. The van der Waals surface area contributed by atoms with Crippen LogP contribution in [-0.2, 0) is 16.2 Å². The molecule has 0 fully saturated rings. The number of nitrogens with zero attached hydrogens (tertiary/aromatic N) is 2. The van der Waals surface area contributed by atoms with Crippen molar-refractivity contribution in [1.29, 1.82) is 0 Å². The smallest absolute Gasteiger partial charge is 0.240 e. The van der Waals surface area contributed by atoms with E-state index in [9.17, 15) is 9.59 Å². The molecule has 5 nitrogen and oxygen atoms in total. The van der Waals surface area contributed by atoms with Crippen molar-refractivity contribution < 1.29 is 14.7 Å². The number of aliphatic imine (C=N–C) groups is 2. The molecule has 0 heterocycles. The minimum absolute atomic E-state index is 0.219. The van der Waals surface area contributed by atoms with Crippen LogP contribution in [0.15, 0.2) is 22.1 Å². The molecule has 0 amide bonds. The number of carbonyl (C=O) groups excluding carboxylic acids is 2. The summed E-state index contributed by atoms with van der Waals surface area (Å²) in [6, 6.07) is 3.06. The highest BCUT2D eigenvalue weighted by Gasteiger charge is 2.05. The Kier molecular flexibility index (Phi) is 3.66. The van der Waals surface area contributed by atoms with Crippen molar-refractivity contribution in [2.45, 2.75) is 13.5 Å². The first kappa shape index (κ1) is 11.0. The maximum Gasteiger partial charge on any atom is 0.240 e. The fraction of sp³-hybridized carbons (Fsp3) is 0.200. The van der Waals surface area contributed by atoms with Crippen molar-refractivity contribution in [3.8, 4) is 0 Å². The summed E-state index contributed by atoms with van der Waals surface area (Å²) >= 11 is 0. The second kappa shape index (κ2) is 4.98. The van der Waals surface area contributed by atoms with E-state index in [0.717, 1.165) is 0 Å². The van der Waals surface area contributed by atoms with Gasteiger partial charge < -0.3 is 5.11 Å². The molecule has 0 unspecified atom stereocenters. The maximum absolute atomic E-state index is 10.1. The van der Waals surface area contributed by atoms with Crippen molar-refractivity contribution in [1.82, 2.24) is 0 Å². The first-order valence-corrected chi connectivity index (χ1v) is 4.13. The number of isocyanates is 2. The van der Waals surface area contributed by atoms with Crippen molar-refractivity contribution in [2.75, 3.05) is 0 Å². The summed E-state index contributed by atoms with van der Waals surface area (Å²) in [6.07, 6.45) is 2.80. The normalized spacial score (nSPS) is 8.93. The number of aliphatic hydroxyl groups is 1. The van der Waals surface area contributed by atoms with E-state index in [2.05, 4.69) is 9.98 Å². The van der Waals surface area contributed by atoms with E-state index in [-0.39, 0.29) is 6.61 Å². The highest BCUT2D eigenvalue weighted by Crippen LogP contribution is 2.29. The van der Waals surface area contributed by atoms with Crippen LogP contribution < -0.4 is 0 Å². The Hall–Kier alpha value is -2.06. The fourth-order valence-corrected chi connectivity index (χ4v) is 1.16. The third kappa shape index (κ3) is 2.45. The molecule has 0 atom stereocenters. The largest absolute Gasteiger partial charge is 0.392 e. The lowest BCUT2D eigenvalue weighted by atomic mass is 10.1. The van der Waals surface area contributed by atoms with Gasteiger partial charge in [-0.1, -0.05) is 0 Å². The molecule has 0 aliphatic heterocycles. The topological polar surface area (TPSA) is 79.1 Å². The van der Waals surface area contributed by atoms with Gasteiger partial charge in [-0.05, 0) is 24.6 Å². The third-order valence-electron chi connectivity index (χ3n) is 1.93. The summed E-state index contributed by atoms with van der Waals surface area (Å²) in [5, 5.41) is 8.93. The highest BCUT2D eigenvalue weighted by molar-refractivity contribution is 5.66. The molecular weight excluding hydrogens is 196 g/mol. The Labute approximate surface area is 85.8 Å². The van der Waals surface area contributed by atoms with Crippen molar-refractivity contribution >= 4 is 23.5 Å². The highest BCUT2D eigenvalue weighted by atomic mass is 16.3. The van der Waals surface area contributed by atoms with E-state index in [1.165, 1.54) is 24.3 Å². The van der Waals surface area contributed by atoms with Crippen LogP contribution >= 0.6 is 0 Å². The predicted octanol–water partition coefficient (Wildman–Crippen LogP) is 1.42. The van der Waals surface area contributed by atoms with Crippen LogP contribution in [0.2, 0.25) is 0 Å². The van der Waals surface area contributed by atoms with Crippen LogP contribution in [0.3, 0.4) is 0 Å². The molecule has 0 aliphatic rings. The zero-order valence-electron chi connectivity index (χ0n) is 8.02. The van der Waals surface area contributed by atoms with Gasteiger partial charge in [0.25, 0.3) is 0 Å². The van der Waals surface area contributed by atoms with Crippen LogP contribution in [0.5, 0.6) is 0 Å². The summed E-state index contributed by atoms with van der Waals surface area (Å²) in [5.41, 5.74) is 1.76. The molecule has 76 valence electrons. The summed E-state index contributed by atoms with van der Waals surface area (Å²) in [5.74, 6) is 0. The number of hydrogen-bond donors (Lipinski definition) is 1. The summed E-state index contributed by atoms with van der Waals surface area (Å²) in [4.78, 5) is 27.2. The lowest BCUT2D eigenvalue weighted by molar-refractivity contribution is 0.282. The van der Waals surface area contributed by atoms with Crippen LogP contribution in [0.1, 0.15) is 11.1 Å². The van der Waals surface area contributed by atoms with E-state index in [1.807, 2.05) is 0 Å². The quantitative estimate of drug-likeness (QED) is 0.597. The lowest BCUT2D eigenvalue weighted by Crippen LogP contribution is -1.85. The van der Waals surface area contributed by atoms with Gasteiger partial charge in [-0.2, -0.15) is 9.98 Å².